The monoisotopic (exact) mass is 379 g/mol. The molecule has 0 saturated heterocycles. The zero-order valence-electron chi connectivity index (χ0n) is 15.7. The van der Waals surface area contributed by atoms with Crippen molar-refractivity contribution in [1.82, 2.24) is 29.9 Å². The topological polar surface area (TPSA) is 97.9 Å². The third-order valence-corrected chi connectivity index (χ3v) is 4.72. The van der Waals surface area contributed by atoms with Crippen LogP contribution < -0.4 is 10.2 Å². The van der Waals surface area contributed by atoms with Gasteiger partial charge in [-0.05, 0) is 18.9 Å². The minimum Gasteiger partial charge on any atom is -0.337 e. The molecule has 3 heterocycles. The average Bonchev–Trinajstić information content (AvgIpc) is 3.28. The predicted octanol–water partition coefficient (Wildman–Crippen LogP) is 0.996. The Balaban J connectivity index is 1.44. The molecule has 0 aliphatic carbocycles. The molecule has 28 heavy (non-hydrogen) atoms. The Kier molecular flexibility index (Phi) is 4.64. The van der Waals surface area contributed by atoms with Gasteiger partial charge in [-0.1, -0.05) is 30.3 Å². The van der Waals surface area contributed by atoms with Gasteiger partial charge in [0.15, 0.2) is 0 Å². The third-order valence-electron chi connectivity index (χ3n) is 4.72. The van der Waals surface area contributed by atoms with E-state index in [9.17, 15) is 9.59 Å². The van der Waals surface area contributed by atoms with Crippen LogP contribution in [0.15, 0.2) is 42.7 Å². The maximum absolute atomic E-state index is 12.8. The van der Waals surface area contributed by atoms with E-state index < -0.39 is 11.9 Å². The molecule has 0 unspecified atom stereocenters. The molecule has 2 aromatic heterocycles. The highest BCUT2D eigenvalue weighted by molar-refractivity contribution is 6.00. The summed E-state index contributed by atoms with van der Waals surface area (Å²) in [5.74, 6) is 0.124. The average molecular weight is 379 g/mol. The van der Waals surface area contributed by atoms with Crippen LogP contribution in [-0.2, 0) is 17.9 Å². The van der Waals surface area contributed by atoms with Gasteiger partial charge in [0.25, 0.3) is 11.8 Å². The normalized spacial score (nSPS) is 16.6. The van der Waals surface area contributed by atoms with Gasteiger partial charge < -0.3 is 5.32 Å². The molecule has 0 fully saturated rings. The number of carbonyl (C=O) groups is 2. The summed E-state index contributed by atoms with van der Waals surface area (Å²) in [5.41, 5.74) is 1.91. The van der Waals surface area contributed by atoms with Crippen LogP contribution >= 0.6 is 0 Å². The van der Waals surface area contributed by atoms with E-state index in [1.807, 2.05) is 43.3 Å². The van der Waals surface area contributed by atoms with Gasteiger partial charge in [-0.2, -0.15) is 5.10 Å². The van der Waals surface area contributed by atoms with Crippen LogP contribution in [0.3, 0.4) is 0 Å². The fourth-order valence-corrected chi connectivity index (χ4v) is 3.29. The van der Waals surface area contributed by atoms with Gasteiger partial charge in [0, 0.05) is 19.7 Å². The summed E-state index contributed by atoms with van der Waals surface area (Å²) in [4.78, 5) is 30.9. The van der Waals surface area contributed by atoms with Crippen LogP contribution in [0, 0.1) is 6.92 Å². The fraction of sp³-hybridized carbons (Fsp3) is 0.316. The molecule has 0 saturated carbocycles. The summed E-state index contributed by atoms with van der Waals surface area (Å²) in [5, 5.41) is 11.4. The lowest BCUT2D eigenvalue weighted by Crippen LogP contribution is -2.47. The molecule has 3 aromatic rings. The van der Waals surface area contributed by atoms with Gasteiger partial charge in [-0.15, -0.1) is 5.10 Å². The number of anilines is 1. The lowest BCUT2D eigenvalue weighted by atomic mass is 10.2. The summed E-state index contributed by atoms with van der Waals surface area (Å²) >= 11 is 0. The third kappa shape index (κ3) is 3.51. The molecule has 9 heteroatoms. The number of fused-ring (bicyclic) bond motifs is 1. The Hall–Kier alpha value is -3.49. The first-order chi connectivity index (χ1) is 13.5. The van der Waals surface area contributed by atoms with Crippen molar-refractivity contribution in [2.75, 3.05) is 11.9 Å². The Morgan fingerprint density at radius 2 is 2.04 bits per heavy atom. The van der Waals surface area contributed by atoms with E-state index in [1.54, 1.807) is 16.4 Å². The van der Waals surface area contributed by atoms with Gasteiger partial charge in [-0.25, -0.2) is 14.3 Å². The van der Waals surface area contributed by atoms with Crippen LogP contribution in [0.1, 0.15) is 28.3 Å². The van der Waals surface area contributed by atoms with Crippen LogP contribution in [0.25, 0.3) is 0 Å². The van der Waals surface area contributed by atoms with E-state index in [4.69, 9.17) is 0 Å². The number of nitrogens with one attached hydrogen (secondary N) is 1. The second kappa shape index (κ2) is 7.26. The molecule has 2 amide bonds. The molecule has 1 atom stereocenters. The van der Waals surface area contributed by atoms with E-state index in [1.165, 1.54) is 11.2 Å². The SMILES string of the molecule is Cc1cc2n(n1)CC[C@H](NC(=O)c1ncn(Cc3ccccc3)n1)C(=O)N2C. The number of hydrogen-bond acceptors (Lipinski definition) is 5. The number of aromatic nitrogens is 5. The Bertz CT molecular complexity index is 1010. The number of carbonyl (C=O) groups excluding carboxylic acids is 2. The van der Waals surface area contributed by atoms with E-state index in [-0.39, 0.29) is 11.7 Å². The van der Waals surface area contributed by atoms with Crippen LogP contribution in [-0.4, -0.2) is 49.4 Å². The van der Waals surface area contributed by atoms with E-state index >= 15 is 0 Å². The second-order valence-corrected chi connectivity index (χ2v) is 6.83. The van der Waals surface area contributed by atoms with Gasteiger partial charge in [0.1, 0.15) is 18.2 Å². The first kappa shape index (κ1) is 17.9. The number of likely N-dealkylation sites (N-methyl/N-ethyl adjacent to an activating group) is 1. The van der Waals surface area contributed by atoms with Crippen molar-refractivity contribution >= 4 is 17.6 Å². The number of rotatable bonds is 4. The molecule has 144 valence electrons. The predicted molar refractivity (Wildman–Crippen MR) is 102 cm³/mol. The highest BCUT2D eigenvalue weighted by Gasteiger charge is 2.31. The molecule has 4 rings (SSSR count). The lowest BCUT2D eigenvalue weighted by Gasteiger charge is -2.19. The minimum absolute atomic E-state index is 0.0456. The zero-order chi connectivity index (χ0) is 19.7. The molecule has 0 radical (unpaired) electrons. The smallest absolute Gasteiger partial charge is 0.291 e. The number of aryl methyl sites for hydroxylation is 2. The molecular weight excluding hydrogens is 358 g/mol. The molecule has 1 aliphatic rings. The van der Waals surface area contributed by atoms with Gasteiger partial charge in [0.2, 0.25) is 5.82 Å². The molecule has 9 nitrogen and oxygen atoms in total. The first-order valence-corrected chi connectivity index (χ1v) is 9.07. The highest BCUT2D eigenvalue weighted by atomic mass is 16.2. The van der Waals surface area contributed by atoms with Gasteiger partial charge in [-0.3, -0.25) is 14.5 Å². The van der Waals surface area contributed by atoms with E-state index in [0.717, 1.165) is 17.1 Å². The Morgan fingerprint density at radius 3 is 2.82 bits per heavy atom. The van der Waals surface area contributed by atoms with Gasteiger partial charge >= 0.3 is 0 Å². The second-order valence-electron chi connectivity index (χ2n) is 6.83. The standard InChI is InChI=1S/C19H21N7O2/c1-13-10-16-24(2)19(28)15(8-9-26(16)22-13)21-18(27)17-20-12-25(23-17)11-14-6-4-3-5-7-14/h3-7,10,12,15H,8-9,11H2,1-2H3,(H,21,27)/t15-/m0/s1. The van der Waals surface area contributed by atoms with Crippen LogP contribution in [0.4, 0.5) is 5.82 Å². The summed E-state index contributed by atoms with van der Waals surface area (Å²) in [6.07, 6.45) is 1.97. The molecule has 1 N–H and O–H groups in total. The van der Waals surface area contributed by atoms with Crippen LogP contribution in [0.2, 0.25) is 0 Å². The van der Waals surface area contributed by atoms with E-state index in [0.29, 0.717) is 19.5 Å². The van der Waals surface area contributed by atoms with E-state index in [2.05, 4.69) is 20.5 Å². The lowest BCUT2D eigenvalue weighted by molar-refractivity contribution is -0.120. The van der Waals surface area contributed by atoms with Crippen molar-refractivity contribution in [3.63, 3.8) is 0 Å². The van der Waals surface area contributed by atoms with Crippen molar-refractivity contribution in [2.24, 2.45) is 0 Å². The molecule has 0 bridgehead atoms. The number of amides is 2. The van der Waals surface area contributed by atoms with Crippen molar-refractivity contribution in [2.45, 2.75) is 32.5 Å². The first-order valence-electron chi connectivity index (χ1n) is 9.07. The number of benzene rings is 1. The van der Waals surface area contributed by atoms with Crippen molar-refractivity contribution < 1.29 is 9.59 Å². The number of nitrogens with zero attached hydrogens (tertiary/aromatic N) is 6. The van der Waals surface area contributed by atoms with Gasteiger partial charge in [0.05, 0.1) is 12.2 Å². The zero-order valence-corrected chi connectivity index (χ0v) is 15.7. The van der Waals surface area contributed by atoms with Crippen LogP contribution in [0.5, 0.6) is 0 Å². The number of hydrogen-bond donors (Lipinski definition) is 1. The maximum Gasteiger partial charge on any atom is 0.291 e. The molecule has 1 aromatic carbocycles. The molecule has 0 spiro atoms. The largest absolute Gasteiger partial charge is 0.337 e. The Morgan fingerprint density at radius 1 is 1.25 bits per heavy atom. The summed E-state index contributed by atoms with van der Waals surface area (Å²) in [6.45, 7) is 2.95. The van der Waals surface area contributed by atoms with Crippen molar-refractivity contribution in [1.29, 1.82) is 0 Å². The summed E-state index contributed by atoms with van der Waals surface area (Å²) < 4.78 is 3.38. The summed E-state index contributed by atoms with van der Waals surface area (Å²) in [6, 6.07) is 11.0. The highest BCUT2D eigenvalue weighted by Crippen LogP contribution is 2.20. The quantitative estimate of drug-likeness (QED) is 0.729. The minimum atomic E-state index is -0.652. The summed E-state index contributed by atoms with van der Waals surface area (Å²) in [7, 11) is 1.69. The Labute approximate surface area is 162 Å². The van der Waals surface area contributed by atoms with Crippen molar-refractivity contribution in [3.8, 4) is 0 Å². The fourth-order valence-electron chi connectivity index (χ4n) is 3.29. The maximum atomic E-state index is 12.8. The molecular formula is C19H21N7O2. The molecule has 1 aliphatic heterocycles. The van der Waals surface area contributed by atoms with Crippen molar-refractivity contribution in [3.05, 3.63) is 59.8 Å².